The highest BCUT2D eigenvalue weighted by Gasteiger charge is 2.31. The molecule has 20 heavy (non-hydrogen) atoms. The van der Waals surface area contributed by atoms with E-state index in [9.17, 15) is 17.6 Å². The SMILES string of the molecule is CN(Cc1cccc(F)c1)c1cc(C(F)(F)F)ccn1. The first-order valence-electron chi connectivity index (χ1n) is 5.85. The fourth-order valence-corrected chi connectivity index (χ4v) is 1.79. The number of nitrogens with zero attached hydrogens (tertiary/aromatic N) is 2. The lowest BCUT2D eigenvalue weighted by Gasteiger charge is -2.19. The highest BCUT2D eigenvalue weighted by molar-refractivity contribution is 5.41. The molecule has 0 radical (unpaired) electrons. The quantitative estimate of drug-likeness (QED) is 0.795. The first-order chi connectivity index (χ1) is 9.36. The molecule has 106 valence electrons. The van der Waals surface area contributed by atoms with Gasteiger partial charge in [0.15, 0.2) is 0 Å². The molecule has 0 bridgehead atoms. The van der Waals surface area contributed by atoms with E-state index in [0.717, 1.165) is 18.3 Å². The van der Waals surface area contributed by atoms with Crippen LogP contribution in [0.4, 0.5) is 23.4 Å². The van der Waals surface area contributed by atoms with Crippen LogP contribution in [0.3, 0.4) is 0 Å². The van der Waals surface area contributed by atoms with Gasteiger partial charge in [0.25, 0.3) is 0 Å². The molecule has 6 heteroatoms. The summed E-state index contributed by atoms with van der Waals surface area (Å²) in [6, 6.07) is 7.79. The van der Waals surface area contributed by atoms with E-state index in [1.54, 1.807) is 19.2 Å². The molecule has 1 aromatic carbocycles. The number of rotatable bonds is 3. The summed E-state index contributed by atoms with van der Waals surface area (Å²) >= 11 is 0. The van der Waals surface area contributed by atoms with Crippen molar-refractivity contribution in [2.24, 2.45) is 0 Å². The number of pyridine rings is 1. The molecule has 0 spiro atoms. The molecule has 0 atom stereocenters. The zero-order valence-corrected chi connectivity index (χ0v) is 10.7. The monoisotopic (exact) mass is 284 g/mol. The molecule has 2 nitrogen and oxygen atoms in total. The smallest absolute Gasteiger partial charge is 0.355 e. The van der Waals surface area contributed by atoms with E-state index >= 15 is 0 Å². The lowest BCUT2D eigenvalue weighted by atomic mass is 10.2. The van der Waals surface area contributed by atoms with Crippen molar-refractivity contribution in [2.45, 2.75) is 12.7 Å². The van der Waals surface area contributed by atoms with Gasteiger partial charge in [-0.2, -0.15) is 13.2 Å². The molecule has 2 rings (SSSR count). The van der Waals surface area contributed by atoms with E-state index in [2.05, 4.69) is 4.98 Å². The van der Waals surface area contributed by atoms with Gasteiger partial charge in [0.1, 0.15) is 11.6 Å². The topological polar surface area (TPSA) is 16.1 Å². The zero-order valence-electron chi connectivity index (χ0n) is 10.7. The molecule has 0 N–H and O–H groups in total. The summed E-state index contributed by atoms with van der Waals surface area (Å²) in [5, 5.41) is 0. The molecule has 0 saturated heterocycles. The number of benzene rings is 1. The minimum Gasteiger partial charge on any atom is -0.355 e. The minimum atomic E-state index is -4.41. The Hall–Kier alpha value is -2.11. The average molecular weight is 284 g/mol. The Morgan fingerprint density at radius 2 is 1.90 bits per heavy atom. The Labute approximate surface area is 113 Å². The number of hydrogen-bond donors (Lipinski definition) is 0. The summed E-state index contributed by atoms with van der Waals surface area (Å²) in [6.45, 7) is 0.270. The van der Waals surface area contributed by atoms with E-state index in [1.165, 1.54) is 17.0 Å². The molecule has 0 aliphatic rings. The number of aromatic nitrogens is 1. The fraction of sp³-hybridized carbons (Fsp3) is 0.214. The second-order valence-electron chi connectivity index (χ2n) is 4.39. The Bertz CT molecular complexity index is 596. The summed E-state index contributed by atoms with van der Waals surface area (Å²) in [5.41, 5.74) is -0.0969. The molecule has 0 amide bonds. The Morgan fingerprint density at radius 3 is 2.55 bits per heavy atom. The van der Waals surface area contributed by atoms with Crippen LogP contribution in [0.2, 0.25) is 0 Å². The van der Waals surface area contributed by atoms with Crippen molar-refractivity contribution in [2.75, 3.05) is 11.9 Å². The van der Waals surface area contributed by atoms with Gasteiger partial charge in [-0.05, 0) is 29.8 Å². The van der Waals surface area contributed by atoms with E-state index in [4.69, 9.17) is 0 Å². The Balaban J connectivity index is 2.19. The number of alkyl halides is 3. The van der Waals surface area contributed by atoms with E-state index in [-0.39, 0.29) is 18.2 Å². The van der Waals surface area contributed by atoms with Crippen molar-refractivity contribution in [3.8, 4) is 0 Å². The zero-order chi connectivity index (χ0) is 14.8. The van der Waals surface area contributed by atoms with Gasteiger partial charge in [0, 0.05) is 19.8 Å². The van der Waals surface area contributed by atoms with Crippen LogP contribution in [0.25, 0.3) is 0 Å². The second-order valence-corrected chi connectivity index (χ2v) is 4.39. The molecule has 0 aliphatic heterocycles. The molecule has 1 aromatic heterocycles. The van der Waals surface area contributed by atoms with Crippen molar-refractivity contribution < 1.29 is 17.6 Å². The highest BCUT2D eigenvalue weighted by atomic mass is 19.4. The maximum Gasteiger partial charge on any atom is 0.416 e. The van der Waals surface area contributed by atoms with Crippen LogP contribution in [0.1, 0.15) is 11.1 Å². The molecule has 1 heterocycles. The van der Waals surface area contributed by atoms with Crippen LogP contribution in [-0.4, -0.2) is 12.0 Å². The normalized spacial score (nSPS) is 11.4. The molecule has 0 aliphatic carbocycles. The van der Waals surface area contributed by atoms with Crippen molar-refractivity contribution in [1.29, 1.82) is 0 Å². The van der Waals surface area contributed by atoms with Gasteiger partial charge in [-0.25, -0.2) is 9.37 Å². The first-order valence-corrected chi connectivity index (χ1v) is 5.85. The van der Waals surface area contributed by atoms with Crippen LogP contribution in [-0.2, 0) is 12.7 Å². The minimum absolute atomic E-state index is 0.184. The van der Waals surface area contributed by atoms with Crippen LogP contribution >= 0.6 is 0 Å². The van der Waals surface area contributed by atoms with Gasteiger partial charge in [-0.15, -0.1) is 0 Å². The summed E-state index contributed by atoms with van der Waals surface area (Å²) in [6.07, 6.45) is -3.29. The summed E-state index contributed by atoms with van der Waals surface area (Å²) in [7, 11) is 1.60. The summed E-state index contributed by atoms with van der Waals surface area (Å²) in [5.74, 6) is -0.197. The van der Waals surface area contributed by atoms with Crippen LogP contribution in [0.5, 0.6) is 0 Å². The summed E-state index contributed by atoms with van der Waals surface area (Å²) < 4.78 is 50.9. The van der Waals surface area contributed by atoms with Crippen LogP contribution < -0.4 is 4.90 Å². The third kappa shape index (κ3) is 3.46. The van der Waals surface area contributed by atoms with Gasteiger partial charge in [-0.3, -0.25) is 0 Å². The molecule has 0 saturated carbocycles. The average Bonchev–Trinajstić information content (AvgIpc) is 2.38. The molecule has 2 aromatic rings. The molecular weight excluding hydrogens is 272 g/mol. The van der Waals surface area contributed by atoms with Gasteiger partial charge < -0.3 is 4.90 Å². The molecular formula is C14H12F4N2. The Kier molecular flexibility index (Phi) is 3.92. The molecule has 0 unspecified atom stereocenters. The van der Waals surface area contributed by atoms with Crippen LogP contribution in [0, 0.1) is 5.82 Å². The standard InChI is InChI=1S/C14H12F4N2/c1-20(9-10-3-2-4-12(15)7-10)13-8-11(5-6-19-13)14(16,17)18/h2-8H,9H2,1H3. The summed E-state index contributed by atoms with van der Waals surface area (Å²) in [4.78, 5) is 5.44. The third-order valence-electron chi connectivity index (χ3n) is 2.77. The van der Waals surface area contributed by atoms with Crippen molar-refractivity contribution in [1.82, 2.24) is 4.98 Å². The van der Waals surface area contributed by atoms with E-state index < -0.39 is 11.7 Å². The fourth-order valence-electron chi connectivity index (χ4n) is 1.79. The van der Waals surface area contributed by atoms with Crippen molar-refractivity contribution >= 4 is 5.82 Å². The number of hydrogen-bond acceptors (Lipinski definition) is 2. The first kappa shape index (κ1) is 14.3. The lowest BCUT2D eigenvalue weighted by Crippen LogP contribution is -2.18. The third-order valence-corrected chi connectivity index (χ3v) is 2.77. The van der Waals surface area contributed by atoms with Gasteiger partial charge in [0.05, 0.1) is 5.56 Å². The van der Waals surface area contributed by atoms with Gasteiger partial charge >= 0.3 is 6.18 Å². The molecule has 0 fully saturated rings. The van der Waals surface area contributed by atoms with Crippen molar-refractivity contribution in [3.63, 3.8) is 0 Å². The number of anilines is 1. The van der Waals surface area contributed by atoms with E-state index in [0.29, 0.717) is 5.56 Å². The number of halogens is 4. The van der Waals surface area contributed by atoms with Gasteiger partial charge in [-0.1, -0.05) is 12.1 Å². The van der Waals surface area contributed by atoms with Crippen LogP contribution in [0.15, 0.2) is 42.6 Å². The predicted octanol–water partition coefficient (Wildman–Crippen LogP) is 3.88. The lowest BCUT2D eigenvalue weighted by molar-refractivity contribution is -0.137. The maximum absolute atomic E-state index is 13.1. The largest absolute Gasteiger partial charge is 0.416 e. The van der Waals surface area contributed by atoms with E-state index in [1.807, 2.05) is 0 Å². The van der Waals surface area contributed by atoms with Crippen molar-refractivity contribution in [3.05, 3.63) is 59.5 Å². The second kappa shape index (κ2) is 5.48. The predicted molar refractivity (Wildman–Crippen MR) is 67.7 cm³/mol. The Morgan fingerprint density at radius 1 is 1.15 bits per heavy atom. The highest BCUT2D eigenvalue weighted by Crippen LogP contribution is 2.30. The maximum atomic E-state index is 13.1. The van der Waals surface area contributed by atoms with Gasteiger partial charge in [0.2, 0.25) is 0 Å².